The Morgan fingerprint density at radius 2 is 2.00 bits per heavy atom. The van der Waals surface area contributed by atoms with E-state index in [4.69, 9.17) is 14.0 Å². The minimum Gasteiger partial charge on any atom is -0.491 e. The van der Waals surface area contributed by atoms with Crippen LogP contribution in [0.5, 0.6) is 11.6 Å². The molecule has 0 spiro atoms. The molecule has 0 radical (unpaired) electrons. The molecule has 1 aromatic carbocycles. The van der Waals surface area contributed by atoms with Gasteiger partial charge in [-0.15, -0.1) is 0 Å². The third-order valence-corrected chi connectivity index (χ3v) is 3.82. The van der Waals surface area contributed by atoms with Gasteiger partial charge in [-0.2, -0.15) is 5.16 Å². The highest BCUT2D eigenvalue weighted by Crippen LogP contribution is 2.23. The summed E-state index contributed by atoms with van der Waals surface area (Å²) in [5.74, 6) is 2.02. The van der Waals surface area contributed by atoms with Gasteiger partial charge < -0.3 is 14.0 Å². The van der Waals surface area contributed by atoms with Crippen LogP contribution in [-0.4, -0.2) is 22.9 Å². The first-order valence-corrected chi connectivity index (χ1v) is 8.55. The van der Waals surface area contributed by atoms with Crippen molar-refractivity contribution in [2.75, 3.05) is 6.61 Å². The van der Waals surface area contributed by atoms with Crippen molar-refractivity contribution < 1.29 is 14.0 Å². The summed E-state index contributed by atoms with van der Waals surface area (Å²) < 4.78 is 16.6. The number of pyridine rings is 1. The van der Waals surface area contributed by atoms with Crippen LogP contribution in [0.3, 0.4) is 0 Å². The van der Waals surface area contributed by atoms with Crippen LogP contribution >= 0.6 is 0 Å². The fourth-order valence-electron chi connectivity index (χ4n) is 2.51. The van der Waals surface area contributed by atoms with Gasteiger partial charge in [-0.05, 0) is 37.6 Å². The normalized spacial score (nSPS) is 12.2. The lowest BCUT2D eigenvalue weighted by Crippen LogP contribution is -2.09. The maximum absolute atomic E-state index is 11.1. The van der Waals surface area contributed by atoms with Gasteiger partial charge in [-0.1, -0.05) is 19.1 Å². The summed E-state index contributed by atoms with van der Waals surface area (Å²) in [5.41, 5.74) is 1.58. The first-order chi connectivity index (χ1) is 12.5. The Morgan fingerprint density at radius 3 is 2.65 bits per heavy atom. The fourth-order valence-corrected chi connectivity index (χ4v) is 2.51. The van der Waals surface area contributed by atoms with Crippen molar-refractivity contribution in [2.24, 2.45) is 0 Å². The molecule has 6 heteroatoms. The molecule has 3 aromatic rings. The summed E-state index contributed by atoms with van der Waals surface area (Å²) in [4.78, 5) is 15.4. The van der Waals surface area contributed by atoms with Crippen LogP contribution in [0, 0.1) is 0 Å². The number of benzene rings is 1. The van der Waals surface area contributed by atoms with Gasteiger partial charge in [0.15, 0.2) is 5.76 Å². The summed E-state index contributed by atoms with van der Waals surface area (Å²) in [6, 6.07) is 13.0. The van der Waals surface area contributed by atoms with E-state index in [1.54, 1.807) is 18.3 Å². The average molecular weight is 354 g/mol. The largest absolute Gasteiger partial charge is 0.491 e. The molecule has 0 aliphatic heterocycles. The molecular formula is C20H22N2O4. The van der Waals surface area contributed by atoms with Crippen LogP contribution < -0.4 is 15.0 Å². The average Bonchev–Trinajstić information content (AvgIpc) is 3.06. The number of aromatic amines is 1. The third-order valence-electron chi connectivity index (χ3n) is 3.82. The molecule has 0 aliphatic rings. The first kappa shape index (κ1) is 17.8. The topological polar surface area (TPSA) is 77.4 Å². The molecule has 2 heterocycles. The Bertz CT molecular complexity index is 896. The van der Waals surface area contributed by atoms with E-state index < -0.39 is 0 Å². The monoisotopic (exact) mass is 354 g/mol. The van der Waals surface area contributed by atoms with Crippen molar-refractivity contribution in [3.8, 4) is 23.0 Å². The van der Waals surface area contributed by atoms with Crippen LogP contribution in [-0.2, 0) is 0 Å². The maximum Gasteiger partial charge on any atom is 0.280 e. The predicted molar refractivity (Wildman–Crippen MR) is 98.7 cm³/mol. The second-order valence-electron chi connectivity index (χ2n) is 6.41. The number of hydrogen-bond donors (Lipinski definition) is 1. The molecule has 136 valence electrons. The first-order valence-electron chi connectivity index (χ1n) is 8.55. The van der Waals surface area contributed by atoms with Gasteiger partial charge in [-0.25, -0.2) is 4.98 Å². The molecule has 3 rings (SSSR count). The number of H-pyrrole nitrogens is 1. The van der Waals surface area contributed by atoms with Crippen LogP contribution in [0.25, 0.3) is 11.3 Å². The summed E-state index contributed by atoms with van der Waals surface area (Å²) >= 11 is 0. The second kappa shape index (κ2) is 7.91. The van der Waals surface area contributed by atoms with E-state index in [2.05, 4.69) is 23.1 Å². The molecule has 2 aromatic heterocycles. The lowest BCUT2D eigenvalue weighted by molar-refractivity contribution is 0.241. The molecule has 0 aliphatic carbocycles. The van der Waals surface area contributed by atoms with E-state index >= 15 is 0 Å². The van der Waals surface area contributed by atoms with Crippen molar-refractivity contribution in [1.29, 1.82) is 0 Å². The molecule has 0 fully saturated rings. The summed E-state index contributed by atoms with van der Waals surface area (Å²) in [7, 11) is 0. The van der Waals surface area contributed by atoms with E-state index in [9.17, 15) is 4.79 Å². The van der Waals surface area contributed by atoms with E-state index in [1.807, 2.05) is 32.0 Å². The number of hydrogen-bond acceptors (Lipinski definition) is 5. The van der Waals surface area contributed by atoms with Crippen molar-refractivity contribution in [3.05, 3.63) is 64.6 Å². The minimum atomic E-state index is -0.280. The number of rotatable bonds is 7. The van der Waals surface area contributed by atoms with E-state index in [0.717, 1.165) is 11.3 Å². The highest BCUT2D eigenvalue weighted by molar-refractivity contribution is 5.55. The number of nitrogens with one attached hydrogen (secondary N) is 1. The third kappa shape index (κ3) is 4.53. The van der Waals surface area contributed by atoms with Gasteiger partial charge in [0.2, 0.25) is 5.88 Å². The highest BCUT2D eigenvalue weighted by atomic mass is 16.5. The summed E-state index contributed by atoms with van der Waals surface area (Å²) in [6.07, 6.45) is 1.76. The SMILES string of the molecule is CC(C)Oc1cccc(C(C)COc2ccc(-c3cc(=O)[nH]o3)cn2)c1. The molecule has 6 nitrogen and oxygen atoms in total. The van der Waals surface area contributed by atoms with Gasteiger partial charge >= 0.3 is 0 Å². The Kier molecular flexibility index (Phi) is 5.41. The standard InChI is InChI=1S/C20H22N2O4/c1-13(2)25-17-6-4-5-15(9-17)14(3)12-24-20-8-7-16(11-21-20)18-10-19(23)22-26-18/h4-11,13-14H,12H2,1-3H3,(H,22,23). The van der Waals surface area contributed by atoms with E-state index in [0.29, 0.717) is 23.8 Å². The van der Waals surface area contributed by atoms with Crippen LogP contribution in [0.15, 0.2) is 58.0 Å². The second-order valence-corrected chi connectivity index (χ2v) is 6.41. The van der Waals surface area contributed by atoms with Gasteiger partial charge in [0.25, 0.3) is 5.56 Å². The number of aromatic nitrogens is 2. The smallest absolute Gasteiger partial charge is 0.280 e. The zero-order valence-electron chi connectivity index (χ0n) is 15.1. The van der Waals surface area contributed by atoms with Crippen molar-refractivity contribution in [3.63, 3.8) is 0 Å². The van der Waals surface area contributed by atoms with E-state index in [-0.39, 0.29) is 17.6 Å². The lowest BCUT2D eigenvalue weighted by atomic mass is 10.0. The zero-order chi connectivity index (χ0) is 18.5. The predicted octanol–water partition coefficient (Wildman–Crippen LogP) is 4.00. The van der Waals surface area contributed by atoms with Crippen LogP contribution in [0.1, 0.15) is 32.3 Å². The van der Waals surface area contributed by atoms with E-state index in [1.165, 1.54) is 6.07 Å². The zero-order valence-corrected chi connectivity index (χ0v) is 15.1. The number of nitrogens with zero attached hydrogens (tertiary/aromatic N) is 1. The van der Waals surface area contributed by atoms with Crippen LogP contribution in [0.2, 0.25) is 0 Å². The number of ether oxygens (including phenoxy) is 2. The minimum absolute atomic E-state index is 0.143. The Hall–Kier alpha value is -3.02. The van der Waals surface area contributed by atoms with Crippen LogP contribution in [0.4, 0.5) is 0 Å². The van der Waals surface area contributed by atoms with Gasteiger partial charge in [0.05, 0.1) is 18.8 Å². The summed E-state index contributed by atoms with van der Waals surface area (Å²) in [6.45, 7) is 6.61. The lowest BCUT2D eigenvalue weighted by Gasteiger charge is -2.15. The van der Waals surface area contributed by atoms with Crippen molar-refractivity contribution in [1.82, 2.24) is 10.1 Å². The molecule has 1 unspecified atom stereocenters. The van der Waals surface area contributed by atoms with Gasteiger partial charge in [0.1, 0.15) is 5.75 Å². The fraction of sp³-hybridized carbons (Fsp3) is 0.300. The molecule has 0 amide bonds. The van der Waals surface area contributed by atoms with Gasteiger partial charge in [0, 0.05) is 23.7 Å². The molecule has 0 saturated carbocycles. The molecule has 1 N–H and O–H groups in total. The maximum atomic E-state index is 11.1. The Morgan fingerprint density at radius 1 is 1.15 bits per heavy atom. The van der Waals surface area contributed by atoms with Crippen molar-refractivity contribution in [2.45, 2.75) is 32.8 Å². The molecular weight excluding hydrogens is 332 g/mol. The highest BCUT2D eigenvalue weighted by Gasteiger charge is 2.10. The quantitative estimate of drug-likeness (QED) is 0.694. The Balaban J connectivity index is 1.60. The van der Waals surface area contributed by atoms with Crippen molar-refractivity contribution >= 4 is 0 Å². The van der Waals surface area contributed by atoms with Gasteiger partial charge in [-0.3, -0.25) is 4.79 Å². The molecule has 0 bridgehead atoms. The summed E-state index contributed by atoms with van der Waals surface area (Å²) in [5, 5.41) is 2.26. The molecule has 26 heavy (non-hydrogen) atoms. The Labute approximate surface area is 151 Å². The molecule has 0 saturated heterocycles. The molecule has 1 atom stereocenters.